The fraction of sp³-hybridized carbons (Fsp3) is 0.333. The largest absolute Gasteiger partial charge is 0.491 e. The summed E-state index contributed by atoms with van der Waals surface area (Å²) < 4.78 is 5.62. The lowest BCUT2D eigenvalue weighted by Gasteiger charge is -2.13. The smallest absolute Gasteiger partial charge is 0.120 e. The number of nitrogens with one attached hydrogen (secondary N) is 1. The Morgan fingerprint density at radius 3 is 2.82 bits per heavy atom. The molecule has 0 saturated heterocycles. The lowest BCUT2D eigenvalue weighted by atomic mass is 10.1. The van der Waals surface area contributed by atoms with Crippen molar-refractivity contribution in [3.8, 4) is 5.75 Å². The molecule has 3 N–H and O–H groups in total. The fourth-order valence-corrected chi connectivity index (χ4v) is 1.58. The molecule has 1 aromatic heterocycles. The van der Waals surface area contributed by atoms with Gasteiger partial charge in [-0.05, 0) is 31.5 Å². The molecule has 0 amide bonds. The van der Waals surface area contributed by atoms with Gasteiger partial charge in [0.25, 0.3) is 0 Å². The van der Waals surface area contributed by atoms with Gasteiger partial charge in [0, 0.05) is 0 Å². The van der Waals surface area contributed by atoms with Crippen LogP contribution in [0.25, 0.3) is 0 Å². The van der Waals surface area contributed by atoms with Crippen LogP contribution in [0.2, 0.25) is 0 Å². The number of nitrogens with zero attached hydrogens (tertiary/aromatic N) is 2. The normalized spacial score (nSPS) is 12.7. The van der Waals surface area contributed by atoms with Gasteiger partial charge in [-0.3, -0.25) is 0 Å². The van der Waals surface area contributed by atoms with Crippen LogP contribution in [0.1, 0.15) is 31.1 Å². The summed E-state index contributed by atoms with van der Waals surface area (Å²) in [5.41, 5.74) is 7.75. The van der Waals surface area contributed by atoms with E-state index in [1.54, 1.807) is 6.20 Å². The summed E-state index contributed by atoms with van der Waals surface area (Å²) in [6.07, 6.45) is 1.77. The summed E-state index contributed by atoms with van der Waals surface area (Å²) in [6.45, 7) is 3.98. The fourth-order valence-electron chi connectivity index (χ4n) is 1.58. The van der Waals surface area contributed by atoms with Crippen LogP contribution in [-0.2, 0) is 0 Å². The van der Waals surface area contributed by atoms with E-state index in [1.165, 1.54) is 0 Å². The number of aromatic nitrogens is 3. The summed E-state index contributed by atoms with van der Waals surface area (Å²) >= 11 is 0. The van der Waals surface area contributed by atoms with Crippen LogP contribution in [0.4, 0.5) is 0 Å². The Kier molecular flexibility index (Phi) is 3.39. The summed E-state index contributed by atoms with van der Waals surface area (Å²) in [6, 6.07) is 7.43. The van der Waals surface area contributed by atoms with Crippen LogP contribution in [0.15, 0.2) is 30.5 Å². The number of aromatic amines is 1. The van der Waals surface area contributed by atoms with E-state index in [1.807, 2.05) is 38.1 Å². The average molecular weight is 232 g/mol. The average Bonchev–Trinajstić information content (AvgIpc) is 2.81. The van der Waals surface area contributed by atoms with Crippen molar-refractivity contribution in [1.82, 2.24) is 15.4 Å². The first-order valence-electron chi connectivity index (χ1n) is 5.54. The standard InChI is InChI=1S/C12H16N4O/c1-8(2)17-10-5-3-4-9(6-10)12(13)11-7-14-16-15-11/h3-8,12H,13H2,1-2H3,(H,14,15,16). The molecule has 1 atom stereocenters. The van der Waals surface area contributed by atoms with Gasteiger partial charge in [0.1, 0.15) is 11.4 Å². The Balaban J connectivity index is 2.21. The highest BCUT2D eigenvalue weighted by Gasteiger charge is 2.12. The van der Waals surface area contributed by atoms with Gasteiger partial charge in [-0.25, -0.2) is 0 Å². The minimum absolute atomic E-state index is 0.147. The summed E-state index contributed by atoms with van der Waals surface area (Å²) in [5, 5.41) is 10.3. The number of benzene rings is 1. The van der Waals surface area contributed by atoms with Gasteiger partial charge in [-0.2, -0.15) is 15.4 Å². The molecule has 0 spiro atoms. The van der Waals surface area contributed by atoms with E-state index in [2.05, 4.69) is 15.4 Å². The zero-order valence-electron chi connectivity index (χ0n) is 9.92. The SMILES string of the molecule is CC(C)Oc1cccc(C(N)c2cn[nH]n2)c1. The van der Waals surface area contributed by atoms with Gasteiger partial charge in [0.15, 0.2) is 0 Å². The first kappa shape index (κ1) is 11.6. The molecule has 1 unspecified atom stereocenters. The van der Waals surface area contributed by atoms with Crippen molar-refractivity contribution in [3.05, 3.63) is 41.7 Å². The predicted octanol–water partition coefficient (Wildman–Crippen LogP) is 1.64. The zero-order chi connectivity index (χ0) is 12.3. The highest BCUT2D eigenvalue weighted by Crippen LogP contribution is 2.22. The topological polar surface area (TPSA) is 76.8 Å². The van der Waals surface area contributed by atoms with E-state index in [-0.39, 0.29) is 12.1 Å². The maximum atomic E-state index is 6.08. The molecule has 0 aliphatic carbocycles. The van der Waals surface area contributed by atoms with Gasteiger partial charge in [0.2, 0.25) is 0 Å². The Labute approximate surface area is 100.0 Å². The van der Waals surface area contributed by atoms with Crippen LogP contribution in [0, 0.1) is 0 Å². The third-order valence-corrected chi connectivity index (χ3v) is 2.34. The third-order valence-electron chi connectivity index (χ3n) is 2.34. The van der Waals surface area contributed by atoms with E-state index < -0.39 is 0 Å². The maximum absolute atomic E-state index is 6.08. The molecule has 1 heterocycles. The molecule has 90 valence electrons. The molecule has 0 bridgehead atoms. The van der Waals surface area contributed by atoms with Crippen LogP contribution < -0.4 is 10.5 Å². The van der Waals surface area contributed by atoms with Gasteiger partial charge in [-0.15, -0.1) is 0 Å². The predicted molar refractivity (Wildman–Crippen MR) is 64.6 cm³/mol. The van der Waals surface area contributed by atoms with E-state index >= 15 is 0 Å². The summed E-state index contributed by atoms with van der Waals surface area (Å²) in [7, 11) is 0. The molecule has 0 aliphatic heterocycles. The van der Waals surface area contributed by atoms with Crippen LogP contribution >= 0.6 is 0 Å². The first-order valence-corrected chi connectivity index (χ1v) is 5.54. The van der Waals surface area contributed by atoms with Crippen molar-refractivity contribution in [3.63, 3.8) is 0 Å². The number of ether oxygens (including phenoxy) is 1. The molecule has 0 aliphatic rings. The van der Waals surface area contributed by atoms with Gasteiger partial charge in [-0.1, -0.05) is 12.1 Å². The molecule has 2 rings (SSSR count). The molecular weight excluding hydrogens is 216 g/mol. The second-order valence-electron chi connectivity index (χ2n) is 4.11. The quantitative estimate of drug-likeness (QED) is 0.840. The number of nitrogens with two attached hydrogens (primary N) is 1. The van der Waals surface area contributed by atoms with E-state index in [0.717, 1.165) is 11.3 Å². The highest BCUT2D eigenvalue weighted by molar-refractivity contribution is 5.33. The number of hydrogen-bond acceptors (Lipinski definition) is 4. The Morgan fingerprint density at radius 2 is 2.18 bits per heavy atom. The molecule has 2 aromatic rings. The van der Waals surface area contributed by atoms with Crippen molar-refractivity contribution < 1.29 is 4.74 Å². The Morgan fingerprint density at radius 1 is 1.35 bits per heavy atom. The number of rotatable bonds is 4. The van der Waals surface area contributed by atoms with Gasteiger partial charge < -0.3 is 10.5 Å². The molecule has 0 saturated carbocycles. The molecule has 1 aromatic carbocycles. The van der Waals surface area contributed by atoms with E-state index in [9.17, 15) is 0 Å². The maximum Gasteiger partial charge on any atom is 0.120 e. The van der Waals surface area contributed by atoms with Crippen LogP contribution in [-0.4, -0.2) is 21.5 Å². The van der Waals surface area contributed by atoms with Crippen molar-refractivity contribution in [2.24, 2.45) is 5.73 Å². The lowest BCUT2D eigenvalue weighted by Crippen LogP contribution is -2.13. The Bertz CT molecular complexity index is 467. The molecule has 5 nitrogen and oxygen atoms in total. The molecule has 5 heteroatoms. The third kappa shape index (κ3) is 2.82. The summed E-state index contributed by atoms with van der Waals surface area (Å²) in [5.74, 6) is 0.816. The Hall–Kier alpha value is -1.88. The zero-order valence-corrected chi connectivity index (χ0v) is 9.92. The molecule has 17 heavy (non-hydrogen) atoms. The van der Waals surface area contributed by atoms with Crippen molar-refractivity contribution in [1.29, 1.82) is 0 Å². The second-order valence-corrected chi connectivity index (χ2v) is 4.11. The van der Waals surface area contributed by atoms with Gasteiger partial charge in [0.05, 0.1) is 18.3 Å². The number of hydrogen-bond donors (Lipinski definition) is 2. The van der Waals surface area contributed by atoms with Crippen molar-refractivity contribution in [2.45, 2.75) is 26.0 Å². The van der Waals surface area contributed by atoms with Gasteiger partial charge >= 0.3 is 0 Å². The minimum Gasteiger partial charge on any atom is -0.491 e. The monoisotopic (exact) mass is 232 g/mol. The highest BCUT2D eigenvalue weighted by atomic mass is 16.5. The van der Waals surface area contributed by atoms with E-state index in [4.69, 9.17) is 10.5 Å². The molecule has 0 radical (unpaired) electrons. The molecular formula is C12H16N4O. The van der Waals surface area contributed by atoms with Crippen LogP contribution in [0.5, 0.6) is 5.75 Å². The minimum atomic E-state index is -0.288. The van der Waals surface area contributed by atoms with E-state index in [0.29, 0.717) is 5.69 Å². The first-order chi connectivity index (χ1) is 8.16. The van der Waals surface area contributed by atoms with Crippen molar-refractivity contribution in [2.75, 3.05) is 0 Å². The second kappa shape index (κ2) is 4.97. The van der Waals surface area contributed by atoms with Crippen molar-refractivity contribution >= 4 is 0 Å². The number of H-pyrrole nitrogens is 1. The van der Waals surface area contributed by atoms with Crippen LogP contribution in [0.3, 0.4) is 0 Å². The lowest BCUT2D eigenvalue weighted by molar-refractivity contribution is 0.242. The summed E-state index contributed by atoms with van der Waals surface area (Å²) in [4.78, 5) is 0. The molecule has 0 fully saturated rings.